The van der Waals surface area contributed by atoms with Gasteiger partial charge in [-0.2, -0.15) is 0 Å². The molecule has 118 valence electrons. The number of ether oxygens (including phenoxy) is 4. The SMILES string of the molecule is COc1ccc2c(c1)OC1c3ccc(OC(C)=O)cc3OCC21. The van der Waals surface area contributed by atoms with Crippen molar-refractivity contribution >= 4 is 5.97 Å². The van der Waals surface area contributed by atoms with Gasteiger partial charge in [0, 0.05) is 30.2 Å². The summed E-state index contributed by atoms with van der Waals surface area (Å²) >= 11 is 0. The first-order valence-corrected chi connectivity index (χ1v) is 7.45. The van der Waals surface area contributed by atoms with Crippen molar-refractivity contribution in [3.8, 4) is 23.0 Å². The van der Waals surface area contributed by atoms with Crippen LogP contribution in [0.5, 0.6) is 23.0 Å². The first-order valence-electron chi connectivity index (χ1n) is 7.45. The summed E-state index contributed by atoms with van der Waals surface area (Å²) in [4.78, 5) is 11.1. The van der Waals surface area contributed by atoms with Gasteiger partial charge in [0.25, 0.3) is 0 Å². The smallest absolute Gasteiger partial charge is 0.308 e. The molecule has 2 aromatic carbocycles. The third-order valence-corrected chi connectivity index (χ3v) is 4.21. The highest BCUT2D eigenvalue weighted by Crippen LogP contribution is 2.52. The molecule has 2 aliphatic heterocycles. The fourth-order valence-electron chi connectivity index (χ4n) is 3.17. The highest BCUT2D eigenvalue weighted by molar-refractivity contribution is 5.69. The van der Waals surface area contributed by atoms with Crippen LogP contribution in [-0.2, 0) is 4.79 Å². The van der Waals surface area contributed by atoms with Crippen molar-refractivity contribution in [3.05, 3.63) is 47.5 Å². The van der Waals surface area contributed by atoms with Gasteiger partial charge >= 0.3 is 5.97 Å². The fraction of sp³-hybridized carbons (Fsp3) is 0.278. The zero-order chi connectivity index (χ0) is 16.0. The Morgan fingerprint density at radius 1 is 1.09 bits per heavy atom. The molecular formula is C18H16O5. The molecule has 2 atom stereocenters. The molecule has 0 aromatic heterocycles. The summed E-state index contributed by atoms with van der Waals surface area (Å²) in [5, 5.41) is 0. The Kier molecular flexibility index (Phi) is 3.15. The van der Waals surface area contributed by atoms with E-state index in [1.807, 2.05) is 24.3 Å². The molecule has 2 aliphatic rings. The molecule has 0 aliphatic carbocycles. The highest BCUT2D eigenvalue weighted by atomic mass is 16.5. The number of rotatable bonds is 2. The Morgan fingerprint density at radius 2 is 1.83 bits per heavy atom. The van der Waals surface area contributed by atoms with Crippen molar-refractivity contribution in [1.82, 2.24) is 0 Å². The lowest BCUT2D eigenvalue weighted by atomic mass is 9.89. The molecule has 0 bridgehead atoms. The standard InChI is InChI=1S/C18H16O5/c1-10(19)22-12-4-6-14-16(8-12)21-9-15-13-5-3-11(20-2)7-17(13)23-18(14)15/h3-8,15,18H,9H2,1-2H3. The van der Waals surface area contributed by atoms with E-state index in [-0.39, 0.29) is 18.0 Å². The Hall–Kier alpha value is -2.69. The molecular weight excluding hydrogens is 296 g/mol. The molecule has 0 fully saturated rings. The lowest BCUT2D eigenvalue weighted by Crippen LogP contribution is -2.23. The Labute approximate surface area is 133 Å². The van der Waals surface area contributed by atoms with Gasteiger partial charge in [-0.25, -0.2) is 0 Å². The summed E-state index contributed by atoms with van der Waals surface area (Å²) in [6.07, 6.45) is -0.0905. The number of benzene rings is 2. The van der Waals surface area contributed by atoms with Crippen LogP contribution in [0, 0.1) is 0 Å². The van der Waals surface area contributed by atoms with Crippen LogP contribution in [0.4, 0.5) is 0 Å². The number of fused-ring (bicyclic) bond motifs is 5. The minimum Gasteiger partial charge on any atom is -0.497 e. The van der Waals surface area contributed by atoms with E-state index in [1.54, 1.807) is 19.2 Å². The molecule has 2 heterocycles. The summed E-state index contributed by atoms with van der Waals surface area (Å²) in [5.41, 5.74) is 2.10. The van der Waals surface area contributed by atoms with Gasteiger partial charge in [-0.1, -0.05) is 6.07 Å². The zero-order valence-electron chi connectivity index (χ0n) is 12.9. The molecule has 2 unspecified atom stereocenters. The van der Waals surface area contributed by atoms with Gasteiger partial charge in [-0.05, 0) is 18.2 Å². The quantitative estimate of drug-likeness (QED) is 0.629. The summed E-state index contributed by atoms with van der Waals surface area (Å²) in [5.74, 6) is 2.59. The largest absolute Gasteiger partial charge is 0.497 e. The molecule has 0 radical (unpaired) electrons. The summed E-state index contributed by atoms with van der Waals surface area (Å²) in [6, 6.07) is 11.3. The minimum absolute atomic E-state index is 0.0905. The summed E-state index contributed by atoms with van der Waals surface area (Å²) < 4.78 is 22.4. The molecule has 23 heavy (non-hydrogen) atoms. The third-order valence-electron chi connectivity index (χ3n) is 4.21. The maximum absolute atomic E-state index is 11.1. The molecule has 0 saturated heterocycles. The van der Waals surface area contributed by atoms with Gasteiger partial charge in [0.05, 0.1) is 19.6 Å². The van der Waals surface area contributed by atoms with E-state index in [4.69, 9.17) is 18.9 Å². The molecule has 4 rings (SSSR count). The minimum atomic E-state index is -0.352. The van der Waals surface area contributed by atoms with Gasteiger partial charge in [-0.3, -0.25) is 4.79 Å². The number of hydrogen-bond donors (Lipinski definition) is 0. The first-order chi connectivity index (χ1) is 11.2. The molecule has 5 nitrogen and oxygen atoms in total. The second kappa shape index (κ2) is 5.19. The molecule has 2 aromatic rings. The topological polar surface area (TPSA) is 54.0 Å². The number of hydrogen-bond acceptors (Lipinski definition) is 5. The summed E-state index contributed by atoms with van der Waals surface area (Å²) in [7, 11) is 1.64. The van der Waals surface area contributed by atoms with E-state index in [0.717, 1.165) is 22.6 Å². The second-order valence-electron chi connectivity index (χ2n) is 5.65. The maximum atomic E-state index is 11.1. The van der Waals surface area contributed by atoms with Crippen LogP contribution in [0.1, 0.15) is 30.1 Å². The van der Waals surface area contributed by atoms with Crippen molar-refractivity contribution in [2.45, 2.75) is 18.9 Å². The zero-order valence-corrected chi connectivity index (χ0v) is 12.9. The van der Waals surface area contributed by atoms with Crippen LogP contribution < -0.4 is 18.9 Å². The molecule has 5 heteroatoms. The van der Waals surface area contributed by atoms with E-state index < -0.39 is 0 Å². The number of methoxy groups -OCH3 is 1. The first kappa shape index (κ1) is 13.9. The molecule has 0 N–H and O–H groups in total. The van der Waals surface area contributed by atoms with Crippen LogP contribution in [0.3, 0.4) is 0 Å². The summed E-state index contributed by atoms with van der Waals surface area (Å²) in [6.45, 7) is 1.90. The van der Waals surface area contributed by atoms with Crippen molar-refractivity contribution in [2.75, 3.05) is 13.7 Å². The Balaban J connectivity index is 1.68. The average Bonchev–Trinajstić information content (AvgIpc) is 2.91. The van der Waals surface area contributed by atoms with E-state index in [0.29, 0.717) is 18.1 Å². The number of carbonyl (C=O) groups excluding carboxylic acids is 1. The Bertz CT molecular complexity index is 783. The van der Waals surface area contributed by atoms with Crippen molar-refractivity contribution in [2.24, 2.45) is 0 Å². The van der Waals surface area contributed by atoms with Crippen LogP contribution in [0.25, 0.3) is 0 Å². The van der Waals surface area contributed by atoms with Gasteiger partial charge in [-0.15, -0.1) is 0 Å². The number of carbonyl (C=O) groups is 1. The monoisotopic (exact) mass is 312 g/mol. The van der Waals surface area contributed by atoms with Crippen LogP contribution in [0.15, 0.2) is 36.4 Å². The Morgan fingerprint density at radius 3 is 2.61 bits per heavy atom. The van der Waals surface area contributed by atoms with E-state index in [1.165, 1.54) is 6.92 Å². The van der Waals surface area contributed by atoms with Gasteiger partial charge in [0.2, 0.25) is 0 Å². The van der Waals surface area contributed by atoms with Crippen LogP contribution in [0.2, 0.25) is 0 Å². The van der Waals surface area contributed by atoms with Crippen LogP contribution in [-0.4, -0.2) is 19.7 Å². The average molecular weight is 312 g/mol. The number of esters is 1. The van der Waals surface area contributed by atoms with Crippen LogP contribution >= 0.6 is 0 Å². The predicted molar refractivity (Wildman–Crippen MR) is 82.4 cm³/mol. The predicted octanol–water partition coefficient (Wildman–Crippen LogP) is 3.23. The van der Waals surface area contributed by atoms with Gasteiger partial charge in [0.15, 0.2) is 0 Å². The molecule has 0 spiro atoms. The normalized spacial score (nSPS) is 20.4. The highest BCUT2D eigenvalue weighted by Gasteiger charge is 2.40. The lowest BCUT2D eigenvalue weighted by Gasteiger charge is -2.28. The lowest BCUT2D eigenvalue weighted by molar-refractivity contribution is -0.131. The van der Waals surface area contributed by atoms with E-state index in [2.05, 4.69) is 0 Å². The van der Waals surface area contributed by atoms with E-state index >= 15 is 0 Å². The molecule has 0 saturated carbocycles. The second-order valence-corrected chi connectivity index (χ2v) is 5.65. The van der Waals surface area contributed by atoms with E-state index in [9.17, 15) is 4.79 Å². The van der Waals surface area contributed by atoms with Gasteiger partial charge in [0.1, 0.15) is 29.1 Å². The third kappa shape index (κ3) is 2.29. The van der Waals surface area contributed by atoms with Gasteiger partial charge < -0.3 is 18.9 Å². The van der Waals surface area contributed by atoms with Crippen molar-refractivity contribution < 1.29 is 23.7 Å². The fourth-order valence-corrected chi connectivity index (χ4v) is 3.17. The van der Waals surface area contributed by atoms with Crippen molar-refractivity contribution in [1.29, 1.82) is 0 Å². The maximum Gasteiger partial charge on any atom is 0.308 e. The molecule has 0 amide bonds. The van der Waals surface area contributed by atoms with Crippen molar-refractivity contribution in [3.63, 3.8) is 0 Å².